The number of aliphatic carboxylic acids is 1. The van der Waals surface area contributed by atoms with Crippen LogP contribution in [0.1, 0.15) is 46.5 Å². The maximum absolute atomic E-state index is 12.3. The molecule has 0 aliphatic heterocycles. The van der Waals surface area contributed by atoms with Crippen LogP contribution in [0.3, 0.4) is 0 Å². The fourth-order valence-electron chi connectivity index (χ4n) is 2.65. The van der Waals surface area contributed by atoms with Gasteiger partial charge in [-0.2, -0.15) is 0 Å². The first kappa shape index (κ1) is 14.0. The summed E-state index contributed by atoms with van der Waals surface area (Å²) in [7, 11) is 0. The van der Waals surface area contributed by atoms with Crippen molar-refractivity contribution in [2.24, 2.45) is 11.8 Å². The van der Waals surface area contributed by atoms with Gasteiger partial charge in [0, 0.05) is 18.5 Å². The third kappa shape index (κ3) is 3.45. The van der Waals surface area contributed by atoms with Crippen LogP contribution in [0.5, 0.6) is 0 Å². The Balaban J connectivity index is 2.65. The summed E-state index contributed by atoms with van der Waals surface area (Å²) in [5.41, 5.74) is 0. The second-order valence-corrected chi connectivity index (χ2v) is 5.12. The zero-order valence-electron chi connectivity index (χ0n) is 11.0. The third-order valence-corrected chi connectivity index (χ3v) is 3.62. The van der Waals surface area contributed by atoms with Gasteiger partial charge in [0.1, 0.15) is 0 Å². The SMILES string of the molecule is CCN(C(=O)C1CCCC(C(=O)O)C1)C(C)C. The second kappa shape index (κ2) is 6.03. The van der Waals surface area contributed by atoms with Crippen molar-refractivity contribution in [1.29, 1.82) is 0 Å². The average molecular weight is 241 g/mol. The van der Waals surface area contributed by atoms with Gasteiger partial charge < -0.3 is 10.0 Å². The average Bonchev–Trinajstić information content (AvgIpc) is 2.29. The van der Waals surface area contributed by atoms with Gasteiger partial charge in [-0.3, -0.25) is 9.59 Å². The molecule has 4 nitrogen and oxygen atoms in total. The topological polar surface area (TPSA) is 57.6 Å². The van der Waals surface area contributed by atoms with E-state index in [9.17, 15) is 9.59 Å². The maximum atomic E-state index is 12.3. The Morgan fingerprint density at radius 2 is 1.88 bits per heavy atom. The molecule has 1 aliphatic rings. The van der Waals surface area contributed by atoms with Gasteiger partial charge in [-0.1, -0.05) is 6.42 Å². The lowest BCUT2D eigenvalue weighted by molar-refractivity contribution is -0.145. The van der Waals surface area contributed by atoms with E-state index in [2.05, 4.69) is 0 Å². The highest BCUT2D eigenvalue weighted by atomic mass is 16.4. The van der Waals surface area contributed by atoms with Crippen molar-refractivity contribution in [2.75, 3.05) is 6.54 Å². The van der Waals surface area contributed by atoms with Gasteiger partial charge in [-0.25, -0.2) is 0 Å². The Morgan fingerprint density at radius 1 is 1.29 bits per heavy atom. The molecular formula is C13H23NO3. The first-order valence-electron chi connectivity index (χ1n) is 6.50. The molecule has 0 saturated heterocycles. The molecule has 98 valence electrons. The Hall–Kier alpha value is -1.06. The lowest BCUT2D eigenvalue weighted by Crippen LogP contribution is -2.42. The van der Waals surface area contributed by atoms with Crippen molar-refractivity contribution in [3.8, 4) is 0 Å². The van der Waals surface area contributed by atoms with Crippen LogP contribution in [0.4, 0.5) is 0 Å². The first-order chi connectivity index (χ1) is 7.97. The molecule has 1 saturated carbocycles. The number of nitrogens with zero attached hydrogens (tertiary/aromatic N) is 1. The number of carboxylic acids is 1. The minimum Gasteiger partial charge on any atom is -0.481 e. The van der Waals surface area contributed by atoms with Gasteiger partial charge in [-0.15, -0.1) is 0 Å². The number of carboxylic acid groups (broad SMARTS) is 1. The summed E-state index contributed by atoms with van der Waals surface area (Å²) in [6, 6.07) is 0.192. The van der Waals surface area contributed by atoms with E-state index >= 15 is 0 Å². The molecule has 4 heteroatoms. The van der Waals surface area contributed by atoms with E-state index in [0.29, 0.717) is 19.4 Å². The highest BCUT2D eigenvalue weighted by molar-refractivity contribution is 5.80. The number of hydrogen-bond acceptors (Lipinski definition) is 2. The number of amides is 1. The molecule has 0 aromatic rings. The molecule has 2 unspecified atom stereocenters. The predicted octanol–water partition coefficient (Wildman–Crippen LogP) is 2.13. The minimum atomic E-state index is -0.755. The summed E-state index contributed by atoms with van der Waals surface area (Å²) in [5.74, 6) is -1.04. The minimum absolute atomic E-state index is 0.0906. The fraction of sp³-hybridized carbons (Fsp3) is 0.846. The van der Waals surface area contributed by atoms with Gasteiger partial charge in [-0.05, 0) is 40.0 Å². The van der Waals surface area contributed by atoms with E-state index in [4.69, 9.17) is 5.11 Å². The number of carbonyl (C=O) groups excluding carboxylic acids is 1. The second-order valence-electron chi connectivity index (χ2n) is 5.12. The van der Waals surface area contributed by atoms with Crippen molar-refractivity contribution in [2.45, 2.75) is 52.5 Å². The van der Waals surface area contributed by atoms with Crippen LogP contribution in [0, 0.1) is 11.8 Å². The summed E-state index contributed by atoms with van der Waals surface area (Å²) in [6.07, 6.45) is 2.92. The number of rotatable bonds is 4. The van der Waals surface area contributed by atoms with Gasteiger partial charge in [0.25, 0.3) is 0 Å². The Labute approximate surface area is 103 Å². The van der Waals surface area contributed by atoms with Gasteiger partial charge in [0.2, 0.25) is 5.91 Å². The Morgan fingerprint density at radius 3 is 2.35 bits per heavy atom. The van der Waals surface area contributed by atoms with E-state index in [0.717, 1.165) is 12.8 Å². The van der Waals surface area contributed by atoms with Crippen LogP contribution in [-0.4, -0.2) is 34.5 Å². The zero-order valence-corrected chi connectivity index (χ0v) is 11.0. The monoisotopic (exact) mass is 241 g/mol. The van der Waals surface area contributed by atoms with Gasteiger partial charge in [0.05, 0.1) is 5.92 Å². The van der Waals surface area contributed by atoms with Crippen LogP contribution in [0.25, 0.3) is 0 Å². The summed E-state index contributed by atoms with van der Waals surface area (Å²) in [4.78, 5) is 25.1. The normalized spacial score (nSPS) is 24.7. The molecule has 1 amide bonds. The molecule has 0 radical (unpaired) electrons. The highest BCUT2D eigenvalue weighted by Gasteiger charge is 2.33. The van der Waals surface area contributed by atoms with Crippen LogP contribution >= 0.6 is 0 Å². The lowest BCUT2D eigenvalue weighted by atomic mass is 9.80. The lowest BCUT2D eigenvalue weighted by Gasteiger charge is -2.33. The van der Waals surface area contributed by atoms with E-state index < -0.39 is 5.97 Å². The van der Waals surface area contributed by atoms with Crippen LogP contribution < -0.4 is 0 Å². The summed E-state index contributed by atoms with van der Waals surface area (Å²) in [5, 5.41) is 9.02. The van der Waals surface area contributed by atoms with Crippen LogP contribution in [0.15, 0.2) is 0 Å². The summed E-state index contributed by atoms with van der Waals surface area (Å²) in [6.45, 7) is 6.66. The molecule has 1 N–H and O–H groups in total. The molecule has 1 aliphatic carbocycles. The predicted molar refractivity (Wildman–Crippen MR) is 65.6 cm³/mol. The standard InChI is InChI=1S/C13H23NO3/c1-4-14(9(2)3)12(15)10-6-5-7-11(8-10)13(16)17/h9-11H,4-8H2,1-3H3,(H,16,17). The number of carbonyl (C=O) groups is 2. The Kier molecular flexibility index (Phi) is 4.97. The zero-order chi connectivity index (χ0) is 13.0. The number of hydrogen-bond donors (Lipinski definition) is 1. The molecule has 0 aromatic heterocycles. The largest absolute Gasteiger partial charge is 0.481 e. The third-order valence-electron chi connectivity index (χ3n) is 3.62. The highest BCUT2D eigenvalue weighted by Crippen LogP contribution is 2.30. The van der Waals surface area contributed by atoms with Crippen molar-refractivity contribution < 1.29 is 14.7 Å². The van der Waals surface area contributed by atoms with Crippen molar-refractivity contribution in [3.63, 3.8) is 0 Å². The van der Waals surface area contributed by atoms with Gasteiger partial charge >= 0.3 is 5.97 Å². The molecule has 1 rings (SSSR count). The van der Waals surface area contributed by atoms with Crippen molar-refractivity contribution in [3.05, 3.63) is 0 Å². The molecule has 1 fully saturated rings. The molecule has 2 atom stereocenters. The molecule has 0 aromatic carbocycles. The molecule has 17 heavy (non-hydrogen) atoms. The smallest absolute Gasteiger partial charge is 0.306 e. The van der Waals surface area contributed by atoms with Gasteiger partial charge in [0.15, 0.2) is 0 Å². The van der Waals surface area contributed by atoms with Crippen molar-refractivity contribution in [1.82, 2.24) is 4.90 Å². The summed E-state index contributed by atoms with van der Waals surface area (Å²) < 4.78 is 0. The summed E-state index contributed by atoms with van der Waals surface area (Å²) >= 11 is 0. The van der Waals surface area contributed by atoms with Crippen LogP contribution in [0.2, 0.25) is 0 Å². The molecule has 0 heterocycles. The van der Waals surface area contributed by atoms with Crippen molar-refractivity contribution >= 4 is 11.9 Å². The van der Waals surface area contributed by atoms with E-state index in [1.54, 1.807) is 0 Å². The Bertz CT molecular complexity index is 288. The van der Waals surface area contributed by atoms with E-state index in [1.165, 1.54) is 0 Å². The molecular weight excluding hydrogens is 218 g/mol. The fourth-order valence-corrected chi connectivity index (χ4v) is 2.65. The van der Waals surface area contributed by atoms with E-state index in [-0.39, 0.29) is 23.8 Å². The maximum Gasteiger partial charge on any atom is 0.306 e. The quantitative estimate of drug-likeness (QED) is 0.820. The molecule has 0 bridgehead atoms. The first-order valence-corrected chi connectivity index (χ1v) is 6.50. The molecule has 0 spiro atoms. The van der Waals surface area contributed by atoms with Crippen LogP contribution in [-0.2, 0) is 9.59 Å². The van der Waals surface area contributed by atoms with E-state index in [1.807, 2.05) is 25.7 Å².